The van der Waals surface area contributed by atoms with Crippen LogP contribution >= 0.6 is 0 Å². The Morgan fingerprint density at radius 1 is 1.33 bits per heavy atom. The third-order valence-electron chi connectivity index (χ3n) is 4.30. The van der Waals surface area contributed by atoms with E-state index < -0.39 is 11.0 Å². The van der Waals surface area contributed by atoms with Crippen molar-refractivity contribution in [3.63, 3.8) is 0 Å². The molecule has 2 aliphatic rings. The van der Waals surface area contributed by atoms with Crippen LogP contribution < -0.4 is 5.32 Å². The lowest BCUT2D eigenvalue weighted by Gasteiger charge is -2.43. The zero-order valence-electron chi connectivity index (χ0n) is 9.42. The minimum absolute atomic E-state index is 0.464. The second-order valence-corrected chi connectivity index (χ2v) is 5.32. The summed E-state index contributed by atoms with van der Waals surface area (Å²) in [5.74, 6) is 0.587. The summed E-state index contributed by atoms with van der Waals surface area (Å²) in [5.41, 5.74) is -1.20. The van der Waals surface area contributed by atoms with Gasteiger partial charge in [-0.3, -0.25) is 0 Å². The molecule has 0 amide bonds. The number of hydrogen-bond donors (Lipinski definition) is 2. The Morgan fingerprint density at radius 2 is 2.00 bits per heavy atom. The highest BCUT2D eigenvalue weighted by Crippen LogP contribution is 2.51. The zero-order chi connectivity index (χ0) is 10.9. The number of rotatable bonds is 1. The molecule has 0 radical (unpaired) electrons. The molecule has 1 aliphatic heterocycles. The molecular formula is C12H20N2O. The van der Waals surface area contributed by atoms with E-state index in [0.717, 1.165) is 45.2 Å². The summed E-state index contributed by atoms with van der Waals surface area (Å²) in [5, 5.41) is 23.3. The lowest BCUT2D eigenvalue weighted by Crippen LogP contribution is -2.52. The molecule has 1 saturated heterocycles. The van der Waals surface area contributed by atoms with Crippen LogP contribution in [-0.2, 0) is 0 Å². The molecule has 0 bridgehead atoms. The number of aliphatic hydroxyl groups is 1. The summed E-state index contributed by atoms with van der Waals surface area (Å²) < 4.78 is 0. The fraction of sp³-hybridized carbons (Fsp3) is 0.917. The number of nitriles is 1. The van der Waals surface area contributed by atoms with Gasteiger partial charge < -0.3 is 10.4 Å². The molecule has 1 heterocycles. The van der Waals surface area contributed by atoms with E-state index >= 15 is 0 Å². The molecule has 0 spiro atoms. The number of nitrogens with zero attached hydrogens (tertiary/aromatic N) is 1. The van der Waals surface area contributed by atoms with E-state index in [9.17, 15) is 10.4 Å². The van der Waals surface area contributed by atoms with E-state index in [1.54, 1.807) is 0 Å². The normalized spacial score (nSPS) is 39.9. The van der Waals surface area contributed by atoms with E-state index in [2.05, 4.69) is 18.3 Å². The lowest BCUT2D eigenvalue weighted by molar-refractivity contribution is -0.0763. The van der Waals surface area contributed by atoms with E-state index in [0.29, 0.717) is 5.92 Å². The van der Waals surface area contributed by atoms with Gasteiger partial charge in [0.1, 0.15) is 0 Å². The van der Waals surface area contributed by atoms with Gasteiger partial charge in [0.2, 0.25) is 0 Å². The van der Waals surface area contributed by atoms with Crippen LogP contribution in [0.4, 0.5) is 0 Å². The molecule has 3 heteroatoms. The first kappa shape index (κ1) is 10.9. The van der Waals surface area contributed by atoms with Crippen molar-refractivity contribution in [3.05, 3.63) is 0 Å². The quantitative estimate of drug-likeness (QED) is 0.685. The van der Waals surface area contributed by atoms with E-state index in [-0.39, 0.29) is 0 Å². The number of piperidine rings is 1. The molecule has 2 fully saturated rings. The van der Waals surface area contributed by atoms with Crippen molar-refractivity contribution >= 4 is 0 Å². The Morgan fingerprint density at radius 3 is 2.47 bits per heavy atom. The molecule has 15 heavy (non-hydrogen) atoms. The highest BCUT2D eigenvalue weighted by atomic mass is 16.3. The van der Waals surface area contributed by atoms with Gasteiger partial charge in [0.15, 0.2) is 0 Å². The van der Waals surface area contributed by atoms with Gasteiger partial charge in [0.05, 0.1) is 17.1 Å². The summed E-state index contributed by atoms with van der Waals surface area (Å²) in [4.78, 5) is 0. The molecule has 2 N–H and O–H groups in total. The Kier molecular flexibility index (Phi) is 2.74. The smallest absolute Gasteiger partial charge is 0.0863 e. The van der Waals surface area contributed by atoms with Gasteiger partial charge in [-0.1, -0.05) is 6.92 Å². The first-order valence-electron chi connectivity index (χ1n) is 5.96. The van der Waals surface area contributed by atoms with Gasteiger partial charge in [-0.25, -0.2) is 0 Å². The molecule has 1 aliphatic carbocycles. The number of hydrogen-bond acceptors (Lipinski definition) is 3. The topological polar surface area (TPSA) is 56.0 Å². The van der Waals surface area contributed by atoms with Gasteiger partial charge in [-0.15, -0.1) is 0 Å². The fourth-order valence-corrected chi connectivity index (χ4v) is 3.24. The predicted molar refractivity (Wildman–Crippen MR) is 58.1 cm³/mol. The highest BCUT2D eigenvalue weighted by molar-refractivity contribution is 5.15. The second kappa shape index (κ2) is 3.77. The first-order valence-corrected chi connectivity index (χ1v) is 5.96. The molecule has 3 nitrogen and oxygen atoms in total. The van der Waals surface area contributed by atoms with Crippen molar-refractivity contribution in [3.8, 4) is 6.07 Å². The fourth-order valence-electron chi connectivity index (χ4n) is 3.24. The molecule has 0 aromatic carbocycles. The molecule has 1 saturated carbocycles. The van der Waals surface area contributed by atoms with E-state index in [1.807, 2.05) is 0 Å². The predicted octanol–water partition coefficient (Wildman–Crippen LogP) is 1.43. The van der Waals surface area contributed by atoms with Gasteiger partial charge in [0, 0.05) is 0 Å². The minimum Gasteiger partial charge on any atom is -0.388 e. The maximum absolute atomic E-state index is 10.7. The van der Waals surface area contributed by atoms with Crippen LogP contribution in [0.5, 0.6) is 0 Å². The van der Waals surface area contributed by atoms with Crippen LogP contribution in [0.3, 0.4) is 0 Å². The SMILES string of the molecule is CC1CCC(C#N)(C2(O)CCNCC2)C1. The zero-order valence-corrected chi connectivity index (χ0v) is 9.42. The molecule has 84 valence electrons. The first-order chi connectivity index (χ1) is 7.12. The van der Waals surface area contributed by atoms with E-state index in [4.69, 9.17) is 0 Å². The average Bonchev–Trinajstić information content (AvgIpc) is 2.63. The van der Waals surface area contributed by atoms with Crippen LogP contribution in [0.2, 0.25) is 0 Å². The highest BCUT2D eigenvalue weighted by Gasteiger charge is 2.53. The Labute approximate surface area is 91.5 Å². The second-order valence-electron chi connectivity index (χ2n) is 5.32. The summed E-state index contributed by atoms with van der Waals surface area (Å²) in [6.45, 7) is 3.87. The van der Waals surface area contributed by atoms with E-state index in [1.165, 1.54) is 0 Å². The third kappa shape index (κ3) is 1.66. The monoisotopic (exact) mass is 208 g/mol. The molecule has 0 aromatic rings. The van der Waals surface area contributed by atoms with Crippen molar-refractivity contribution in [2.24, 2.45) is 11.3 Å². The molecule has 2 rings (SSSR count). The maximum atomic E-state index is 10.7. The Hall–Kier alpha value is -0.590. The van der Waals surface area contributed by atoms with Gasteiger partial charge in [-0.05, 0) is 51.1 Å². The lowest BCUT2D eigenvalue weighted by atomic mass is 9.66. The summed E-state index contributed by atoms with van der Waals surface area (Å²) in [6, 6.07) is 2.44. The minimum atomic E-state index is -0.738. The molecule has 0 aromatic heterocycles. The summed E-state index contributed by atoms with van der Waals surface area (Å²) in [7, 11) is 0. The van der Waals surface area contributed by atoms with Crippen LogP contribution in [0.25, 0.3) is 0 Å². The summed E-state index contributed by atoms with van der Waals surface area (Å²) >= 11 is 0. The van der Waals surface area contributed by atoms with Crippen molar-refractivity contribution < 1.29 is 5.11 Å². The largest absolute Gasteiger partial charge is 0.388 e. The van der Waals surface area contributed by atoms with Crippen LogP contribution in [-0.4, -0.2) is 23.8 Å². The van der Waals surface area contributed by atoms with Crippen LogP contribution in [0.15, 0.2) is 0 Å². The van der Waals surface area contributed by atoms with Gasteiger partial charge >= 0.3 is 0 Å². The Bertz CT molecular complexity index is 278. The molecule has 2 atom stereocenters. The molecule has 2 unspecified atom stereocenters. The standard InChI is InChI=1S/C12H20N2O/c1-10-2-3-11(8-10,9-13)12(15)4-6-14-7-5-12/h10,14-15H,2-8H2,1H3. The average molecular weight is 208 g/mol. The number of nitrogens with one attached hydrogen (secondary N) is 1. The van der Waals surface area contributed by atoms with Gasteiger partial charge in [0.25, 0.3) is 0 Å². The Balaban J connectivity index is 2.22. The van der Waals surface area contributed by atoms with Crippen molar-refractivity contribution in [1.82, 2.24) is 5.32 Å². The van der Waals surface area contributed by atoms with Gasteiger partial charge in [-0.2, -0.15) is 5.26 Å². The van der Waals surface area contributed by atoms with Crippen molar-refractivity contribution in [2.45, 2.75) is 44.6 Å². The van der Waals surface area contributed by atoms with Crippen molar-refractivity contribution in [2.75, 3.05) is 13.1 Å². The molecular weight excluding hydrogens is 188 g/mol. The van der Waals surface area contributed by atoms with Crippen LogP contribution in [0, 0.1) is 22.7 Å². The third-order valence-corrected chi connectivity index (χ3v) is 4.30. The van der Waals surface area contributed by atoms with Crippen LogP contribution in [0.1, 0.15) is 39.0 Å². The van der Waals surface area contributed by atoms with Crippen molar-refractivity contribution in [1.29, 1.82) is 5.26 Å². The maximum Gasteiger partial charge on any atom is 0.0863 e. The summed E-state index contributed by atoms with van der Waals surface area (Å²) in [6.07, 6.45) is 4.30.